The third-order valence-corrected chi connectivity index (χ3v) is 7.43. The highest BCUT2D eigenvalue weighted by atomic mass is 35.5. The Bertz CT molecular complexity index is 744. The number of amides is 1. The van der Waals surface area contributed by atoms with Gasteiger partial charge in [-0.05, 0) is 50.0 Å². The van der Waals surface area contributed by atoms with E-state index in [-0.39, 0.29) is 30.6 Å². The molecule has 0 aliphatic carbocycles. The lowest BCUT2D eigenvalue weighted by molar-refractivity contribution is -0.152. The van der Waals surface area contributed by atoms with Crippen LogP contribution in [0.2, 0.25) is 10.0 Å². The van der Waals surface area contributed by atoms with Crippen LogP contribution in [0.1, 0.15) is 24.8 Å². The minimum absolute atomic E-state index is 0.111. The van der Waals surface area contributed by atoms with E-state index in [1.807, 2.05) is 6.07 Å². The fourth-order valence-corrected chi connectivity index (χ4v) is 5.53. The largest absolute Gasteiger partial charge is 0.396 e. The zero-order valence-corrected chi connectivity index (χ0v) is 18.8. The molecule has 1 unspecified atom stereocenters. The molecule has 0 radical (unpaired) electrons. The Labute approximate surface area is 188 Å². The summed E-state index contributed by atoms with van der Waals surface area (Å²) in [7, 11) is 0. The van der Waals surface area contributed by atoms with Gasteiger partial charge in [-0.15, -0.1) is 0 Å². The molecule has 1 N–H and O–H groups in total. The van der Waals surface area contributed by atoms with Crippen molar-refractivity contribution in [2.45, 2.75) is 43.8 Å². The van der Waals surface area contributed by atoms with Crippen molar-refractivity contribution in [3.63, 3.8) is 0 Å². The third-order valence-electron chi connectivity index (χ3n) is 6.70. The minimum Gasteiger partial charge on any atom is -0.396 e. The topological polar surface area (TPSA) is 56.3 Å². The molecule has 30 heavy (non-hydrogen) atoms. The zero-order chi connectivity index (χ0) is 21.1. The van der Waals surface area contributed by atoms with Crippen LogP contribution in [-0.4, -0.2) is 96.4 Å². The number of nitrogens with zero attached hydrogens (tertiary/aromatic N) is 3. The molecule has 0 saturated carbocycles. The Morgan fingerprint density at radius 2 is 1.83 bits per heavy atom. The fourth-order valence-electron chi connectivity index (χ4n) is 5.21. The van der Waals surface area contributed by atoms with E-state index in [0.29, 0.717) is 36.2 Å². The number of carbonyl (C=O) groups excluding carboxylic acids is 1. The standard InChI is InChI=1S/C22H31Cl2N3O3/c23-17-5-4-16(12-18(17)24)13-21(29)27-10-9-26(8-3-11-28)20-15-30-14-19(22(20)27)25-6-1-2-7-25/h4-5,12,19-20,22,28H,1-3,6-11,13-15H2/t19?,20-,22-/m1/s1. The van der Waals surface area contributed by atoms with Gasteiger partial charge in [-0.25, -0.2) is 0 Å². The van der Waals surface area contributed by atoms with Gasteiger partial charge in [-0.3, -0.25) is 14.6 Å². The number of piperazine rings is 1. The normalized spacial score (nSPS) is 28.0. The van der Waals surface area contributed by atoms with Crippen molar-refractivity contribution in [1.29, 1.82) is 0 Å². The fraction of sp³-hybridized carbons (Fsp3) is 0.682. The second-order valence-corrected chi connectivity index (χ2v) is 9.35. The summed E-state index contributed by atoms with van der Waals surface area (Å²) in [4.78, 5) is 20.4. The summed E-state index contributed by atoms with van der Waals surface area (Å²) in [5, 5.41) is 10.3. The summed E-state index contributed by atoms with van der Waals surface area (Å²) >= 11 is 12.2. The second-order valence-electron chi connectivity index (χ2n) is 8.53. The van der Waals surface area contributed by atoms with E-state index in [4.69, 9.17) is 27.9 Å². The summed E-state index contributed by atoms with van der Waals surface area (Å²) in [6.45, 7) is 5.99. The van der Waals surface area contributed by atoms with Crippen LogP contribution in [0.5, 0.6) is 0 Å². The van der Waals surface area contributed by atoms with Gasteiger partial charge in [-0.2, -0.15) is 0 Å². The number of rotatable bonds is 6. The Hall–Kier alpha value is -0.890. The second kappa shape index (κ2) is 10.2. The molecule has 3 aliphatic rings. The van der Waals surface area contributed by atoms with Gasteiger partial charge in [0.15, 0.2) is 0 Å². The minimum atomic E-state index is 0.111. The third kappa shape index (κ3) is 4.79. The first-order valence-corrected chi connectivity index (χ1v) is 11.7. The van der Waals surface area contributed by atoms with Crippen molar-refractivity contribution in [3.8, 4) is 0 Å². The molecule has 3 atom stereocenters. The summed E-state index contributed by atoms with van der Waals surface area (Å²) in [5.74, 6) is 0.135. The molecular weight excluding hydrogens is 425 g/mol. The van der Waals surface area contributed by atoms with E-state index in [1.54, 1.807) is 12.1 Å². The number of aliphatic hydroxyl groups is 1. The maximum absolute atomic E-state index is 13.4. The molecule has 4 rings (SSSR count). The summed E-state index contributed by atoms with van der Waals surface area (Å²) < 4.78 is 6.03. The average molecular weight is 456 g/mol. The maximum Gasteiger partial charge on any atom is 0.227 e. The molecule has 3 saturated heterocycles. The van der Waals surface area contributed by atoms with Crippen LogP contribution in [0, 0.1) is 0 Å². The van der Waals surface area contributed by atoms with E-state index in [2.05, 4.69) is 14.7 Å². The first-order chi connectivity index (χ1) is 14.6. The number of fused-ring (bicyclic) bond motifs is 1. The van der Waals surface area contributed by atoms with Crippen molar-refractivity contribution >= 4 is 29.1 Å². The quantitative estimate of drug-likeness (QED) is 0.712. The highest BCUT2D eigenvalue weighted by Gasteiger charge is 2.47. The van der Waals surface area contributed by atoms with Crippen molar-refractivity contribution in [2.24, 2.45) is 0 Å². The average Bonchev–Trinajstić information content (AvgIpc) is 3.29. The van der Waals surface area contributed by atoms with Gasteiger partial charge in [-0.1, -0.05) is 29.3 Å². The number of halogens is 2. The van der Waals surface area contributed by atoms with Gasteiger partial charge < -0.3 is 14.7 Å². The van der Waals surface area contributed by atoms with Crippen LogP contribution in [0.3, 0.4) is 0 Å². The number of aliphatic hydroxyl groups excluding tert-OH is 1. The lowest BCUT2D eigenvalue weighted by Gasteiger charge is -2.54. The molecule has 0 bridgehead atoms. The number of benzene rings is 1. The zero-order valence-electron chi connectivity index (χ0n) is 17.3. The van der Waals surface area contributed by atoms with Gasteiger partial charge in [0.25, 0.3) is 0 Å². The molecule has 0 aromatic heterocycles. The molecule has 1 aromatic rings. The molecule has 3 fully saturated rings. The van der Waals surface area contributed by atoms with Crippen molar-refractivity contribution < 1.29 is 14.6 Å². The van der Waals surface area contributed by atoms with Gasteiger partial charge in [0, 0.05) is 26.2 Å². The van der Waals surface area contributed by atoms with E-state index >= 15 is 0 Å². The smallest absolute Gasteiger partial charge is 0.227 e. The molecule has 3 heterocycles. The number of likely N-dealkylation sites (tertiary alicyclic amines) is 1. The van der Waals surface area contributed by atoms with E-state index < -0.39 is 0 Å². The lowest BCUT2D eigenvalue weighted by atomic mass is 9.90. The highest BCUT2D eigenvalue weighted by molar-refractivity contribution is 6.42. The Morgan fingerprint density at radius 1 is 1.07 bits per heavy atom. The van der Waals surface area contributed by atoms with E-state index in [1.165, 1.54) is 12.8 Å². The van der Waals surface area contributed by atoms with Gasteiger partial charge in [0.05, 0.1) is 47.8 Å². The Kier molecular flexibility index (Phi) is 7.55. The van der Waals surface area contributed by atoms with Crippen LogP contribution < -0.4 is 0 Å². The first-order valence-electron chi connectivity index (χ1n) is 11.0. The van der Waals surface area contributed by atoms with Gasteiger partial charge in [0.2, 0.25) is 5.91 Å². The Balaban J connectivity index is 1.55. The lowest BCUT2D eigenvalue weighted by Crippen LogP contribution is -2.71. The highest BCUT2D eigenvalue weighted by Crippen LogP contribution is 2.30. The predicted octanol–water partition coefficient (Wildman–Crippen LogP) is 2.29. The molecule has 0 spiro atoms. The van der Waals surface area contributed by atoms with Gasteiger partial charge in [0.1, 0.15) is 0 Å². The molecule has 8 heteroatoms. The number of carbonyl (C=O) groups is 1. The van der Waals surface area contributed by atoms with Crippen LogP contribution in [-0.2, 0) is 16.0 Å². The van der Waals surface area contributed by atoms with E-state index in [9.17, 15) is 9.90 Å². The monoisotopic (exact) mass is 455 g/mol. The Morgan fingerprint density at radius 3 is 2.57 bits per heavy atom. The molecule has 6 nitrogen and oxygen atoms in total. The first kappa shape index (κ1) is 22.3. The number of hydrogen-bond donors (Lipinski definition) is 1. The van der Waals surface area contributed by atoms with Crippen molar-refractivity contribution in [3.05, 3.63) is 33.8 Å². The van der Waals surface area contributed by atoms with Crippen LogP contribution in [0.15, 0.2) is 18.2 Å². The molecule has 1 amide bonds. The summed E-state index contributed by atoms with van der Waals surface area (Å²) in [6.07, 6.45) is 3.48. The van der Waals surface area contributed by atoms with Crippen LogP contribution in [0.25, 0.3) is 0 Å². The SMILES string of the molecule is O=C(Cc1ccc(Cl)c(Cl)c1)N1CCN(CCCO)[C@@H]2COCC(N3CCCC3)[C@H]21. The van der Waals surface area contributed by atoms with Crippen LogP contribution in [0.4, 0.5) is 0 Å². The molecular formula is C22H31Cl2N3O3. The predicted molar refractivity (Wildman–Crippen MR) is 118 cm³/mol. The van der Waals surface area contributed by atoms with Gasteiger partial charge >= 0.3 is 0 Å². The maximum atomic E-state index is 13.4. The molecule has 1 aromatic carbocycles. The summed E-state index contributed by atoms with van der Waals surface area (Å²) in [6, 6.07) is 5.92. The van der Waals surface area contributed by atoms with Crippen molar-refractivity contribution in [2.75, 3.05) is 52.5 Å². The molecule has 166 valence electrons. The number of hydrogen-bond acceptors (Lipinski definition) is 5. The molecule has 3 aliphatic heterocycles. The van der Waals surface area contributed by atoms with E-state index in [0.717, 1.165) is 38.2 Å². The van der Waals surface area contributed by atoms with Crippen LogP contribution >= 0.6 is 23.2 Å². The number of ether oxygens (including phenoxy) is 1. The van der Waals surface area contributed by atoms with Crippen molar-refractivity contribution in [1.82, 2.24) is 14.7 Å². The summed E-state index contributed by atoms with van der Waals surface area (Å²) in [5.41, 5.74) is 0.887.